The fraction of sp³-hybridized carbons (Fsp3) is 0.500. The summed E-state index contributed by atoms with van der Waals surface area (Å²) in [6, 6.07) is 8.31. The standard InChI is InChI=1S/C18H22N4O2.ClH/c23-17(21-9-7-13-5-6-14(11-21)20-13)8-10-22-12-19-16-4-2-1-3-15(16)18(22)24;/h1-4,12-14,20H,5-11H2;1H. The fourth-order valence-electron chi connectivity index (χ4n) is 3.81. The average molecular weight is 363 g/mol. The van der Waals surface area contributed by atoms with Crippen LogP contribution in [0.3, 0.4) is 0 Å². The Balaban J connectivity index is 0.00000182. The summed E-state index contributed by atoms with van der Waals surface area (Å²) in [5, 5.41) is 4.18. The van der Waals surface area contributed by atoms with Gasteiger partial charge in [0.25, 0.3) is 5.56 Å². The first kappa shape index (κ1) is 17.9. The average Bonchev–Trinajstić information content (AvgIpc) is 2.93. The summed E-state index contributed by atoms with van der Waals surface area (Å²) in [7, 11) is 0. The van der Waals surface area contributed by atoms with Gasteiger partial charge in [0.2, 0.25) is 5.91 Å². The number of rotatable bonds is 3. The number of carbonyl (C=O) groups is 1. The zero-order valence-corrected chi connectivity index (χ0v) is 14.9. The highest BCUT2D eigenvalue weighted by atomic mass is 35.5. The van der Waals surface area contributed by atoms with Crippen LogP contribution in [0.15, 0.2) is 35.4 Å². The van der Waals surface area contributed by atoms with Gasteiger partial charge >= 0.3 is 0 Å². The molecule has 7 heteroatoms. The van der Waals surface area contributed by atoms with Crippen molar-refractivity contribution in [2.24, 2.45) is 0 Å². The van der Waals surface area contributed by atoms with Crippen LogP contribution in [0.25, 0.3) is 10.9 Å². The maximum absolute atomic E-state index is 12.5. The molecule has 0 radical (unpaired) electrons. The molecule has 0 spiro atoms. The first-order valence-corrected chi connectivity index (χ1v) is 8.69. The molecule has 1 aromatic carbocycles. The smallest absolute Gasteiger partial charge is 0.261 e. The largest absolute Gasteiger partial charge is 0.341 e. The molecule has 0 aliphatic carbocycles. The Kier molecular flexibility index (Phi) is 5.39. The molecule has 1 amide bonds. The predicted molar refractivity (Wildman–Crippen MR) is 99.0 cm³/mol. The Bertz CT molecular complexity index is 822. The summed E-state index contributed by atoms with van der Waals surface area (Å²) in [4.78, 5) is 31.3. The zero-order chi connectivity index (χ0) is 16.5. The number of hydrogen-bond donors (Lipinski definition) is 1. The Morgan fingerprint density at radius 2 is 2.00 bits per heavy atom. The van der Waals surface area contributed by atoms with Gasteiger partial charge in [-0.2, -0.15) is 0 Å². The molecule has 4 rings (SSSR count). The molecule has 2 fully saturated rings. The van der Waals surface area contributed by atoms with Crippen molar-refractivity contribution in [3.05, 3.63) is 40.9 Å². The van der Waals surface area contributed by atoms with Crippen molar-refractivity contribution < 1.29 is 4.79 Å². The van der Waals surface area contributed by atoms with Gasteiger partial charge in [-0.1, -0.05) is 12.1 Å². The van der Waals surface area contributed by atoms with Crippen molar-refractivity contribution in [1.29, 1.82) is 0 Å². The minimum Gasteiger partial charge on any atom is -0.341 e. The maximum Gasteiger partial charge on any atom is 0.261 e. The van der Waals surface area contributed by atoms with Gasteiger partial charge in [-0.15, -0.1) is 12.4 Å². The Labute approximate surface area is 152 Å². The number of nitrogens with zero attached hydrogens (tertiary/aromatic N) is 3. The van der Waals surface area contributed by atoms with Crippen molar-refractivity contribution in [3.8, 4) is 0 Å². The van der Waals surface area contributed by atoms with Crippen LogP contribution in [0.1, 0.15) is 25.7 Å². The van der Waals surface area contributed by atoms with E-state index >= 15 is 0 Å². The van der Waals surface area contributed by atoms with Crippen LogP contribution >= 0.6 is 12.4 Å². The topological polar surface area (TPSA) is 67.2 Å². The quantitative estimate of drug-likeness (QED) is 0.899. The SMILES string of the molecule is Cl.O=C(CCn1cnc2ccccc2c1=O)N1CCC2CCC(C1)N2. The zero-order valence-electron chi connectivity index (χ0n) is 14.1. The molecule has 2 saturated heterocycles. The van der Waals surface area contributed by atoms with Crippen molar-refractivity contribution >= 4 is 29.2 Å². The van der Waals surface area contributed by atoms with Crippen LogP contribution in [-0.2, 0) is 11.3 Å². The summed E-state index contributed by atoms with van der Waals surface area (Å²) in [5.41, 5.74) is 0.615. The molecule has 2 unspecified atom stereocenters. The van der Waals surface area contributed by atoms with Crippen molar-refractivity contribution in [2.75, 3.05) is 13.1 Å². The van der Waals surface area contributed by atoms with Gasteiger partial charge < -0.3 is 10.2 Å². The Hall–Kier alpha value is -1.92. The third-order valence-corrected chi connectivity index (χ3v) is 5.17. The third-order valence-electron chi connectivity index (χ3n) is 5.17. The molecule has 25 heavy (non-hydrogen) atoms. The number of aryl methyl sites for hydroxylation is 1. The number of hydrogen-bond acceptors (Lipinski definition) is 4. The van der Waals surface area contributed by atoms with E-state index in [1.807, 2.05) is 23.1 Å². The number of benzene rings is 1. The number of aromatic nitrogens is 2. The lowest BCUT2D eigenvalue weighted by Gasteiger charge is -2.24. The molecule has 3 heterocycles. The molecule has 2 aromatic rings. The van der Waals surface area contributed by atoms with E-state index in [0.29, 0.717) is 36.0 Å². The summed E-state index contributed by atoms with van der Waals surface area (Å²) in [6.07, 6.45) is 5.30. The van der Waals surface area contributed by atoms with Crippen LogP contribution in [0.4, 0.5) is 0 Å². The van der Waals surface area contributed by atoms with E-state index in [0.717, 1.165) is 25.9 Å². The molecule has 1 N–H and O–H groups in total. The van der Waals surface area contributed by atoms with E-state index in [9.17, 15) is 9.59 Å². The summed E-state index contributed by atoms with van der Waals surface area (Å²) in [5.74, 6) is 0.129. The predicted octanol–water partition coefficient (Wildman–Crippen LogP) is 1.56. The number of amides is 1. The van der Waals surface area contributed by atoms with Crippen molar-refractivity contribution in [2.45, 2.75) is 44.3 Å². The number of para-hydroxylation sites is 1. The van der Waals surface area contributed by atoms with E-state index < -0.39 is 0 Å². The highest BCUT2D eigenvalue weighted by molar-refractivity contribution is 5.85. The van der Waals surface area contributed by atoms with E-state index in [4.69, 9.17) is 0 Å². The van der Waals surface area contributed by atoms with Gasteiger partial charge in [-0.25, -0.2) is 4.98 Å². The monoisotopic (exact) mass is 362 g/mol. The maximum atomic E-state index is 12.5. The Morgan fingerprint density at radius 1 is 1.20 bits per heavy atom. The first-order chi connectivity index (χ1) is 11.7. The van der Waals surface area contributed by atoms with Crippen LogP contribution < -0.4 is 10.9 Å². The number of nitrogens with one attached hydrogen (secondary N) is 1. The molecule has 6 nitrogen and oxygen atoms in total. The van der Waals surface area contributed by atoms with Crippen LogP contribution in [0, 0.1) is 0 Å². The molecule has 2 atom stereocenters. The molecular weight excluding hydrogens is 340 g/mol. The van der Waals surface area contributed by atoms with E-state index in [1.165, 1.54) is 6.42 Å². The van der Waals surface area contributed by atoms with Crippen molar-refractivity contribution in [1.82, 2.24) is 19.8 Å². The molecule has 134 valence electrons. The van der Waals surface area contributed by atoms with E-state index in [-0.39, 0.29) is 23.9 Å². The lowest BCUT2D eigenvalue weighted by atomic mass is 10.1. The lowest BCUT2D eigenvalue weighted by Crippen LogP contribution is -2.39. The normalized spacial score (nSPS) is 22.5. The van der Waals surface area contributed by atoms with E-state index in [1.54, 1.807) is 17.0 Å². The van der Waals surface area contributed by atoms with Crippen LogP contribution in [-0.4, -0.2) is 45.5 Å². The second kappa shape index (κ2) is 7.54. The highest BCUT2D eigenvalue weighted by Crippen LogP contribution is 2.20. The van der Waals surface area contributed by atoms with Gasteiger partial charge in [0.1, 0.15) is 0 Å². The highest BCUT2D eigenvalue weighted by Gasteiger charge is 2.30. The van der Waals surface area contributed by atoms with Gasteiger partial charge in [-0.3, -0.25) is 14.2 Å². The number of fused-ring (bicyclic) bond motifs is 3. The summed E-state index contributed by atoms with van der Waals surface area (Å²) in [6.45, 7) is 1.99. The Morgan fingerprint density at radius 3 is 2.88 bits per heavy atom. The lowest BCUT2D eigenvalue weighted by molar-refractivity contribution is -0.131. The fourth-order valence-corrected chi connectivity index (χ4v) is 3.81. The second-order valence-corrected chi connectivity index (χ2v) is 6.78. The molecular formula is C18H23ClN4O2. The molecule has 2 aliphatic rings. The minimum absolute atomic E-state index is 0. The van der Waals surface area contributed by atoms with Gasteiger partial charge in [0, 0.05) is 38.1 Å². The summed E-state index contributed by atoms with van der Waals surface area (Å²) >= 11 is 0. The second-order valence-electron chi connectivity index (χ2n) is 6.78. The number of halogens is 1. The molecule has 2 aliphatic heterocycles. The molecule has 0 saturated carbocycles. The first-order valence-electron chi connectivity index (χ1n) is 8.69. The number of carbonyl (C=O) groups excluding carboxylic acids is 1. The van der Waals surface area contributed by atoms with E-state index in [2.05, 4.69) is 10.3 Å². The molecule has 1 aromatic heterocycles. The minimum atomic E-state index is -0.0787. The van der Waals surface area contributed by atoms with Gasteiger partial charge in [0.15, 0.2) is 0 Å². The molecule has 2 bridgehead atoms. The van der Waals surface area contributed by atoms with Crippen LogP contribution in [0.5, 0.6) is 0 Å². The van der Waals surface area contributed by atoms with Crippen LogP contribution in [0.2, 0.25) is 0 Å². The van der Waals surface area contributed by atoms with Gasteiger partial charge in [0.05, 0.1) is 17.2 Å². The number of likely N-dealkylation sites (tertiary alicyclic amines) is 1. The third kappa shape index (κ3) is 3.70. The van der Waals surface area contributed by atoms with Gasteiger partial charge in [-0.05, 0) is 31.4 Å². The van der Waals surface area contributed by atoms with Crippen molar-refractivity contribution in [3.63, 3.8) is 0 Å². The summed E-state index contributed by atoms with van der Waals surface area (Å²) < 4.78 is 1.54.